The minimum absolute atomic E-state index is 0.0409. The molecule has 6 rings (SSSR count). The van der Waals surface area contributed by atoms with Gasteiger partial charge < -0.3 is 38.7 Å². The lowest BCUT2D eigenvalue weighted by Crippen LogP contribution is -2.63. The number of methoxy groups -OCH3 is 1. The Morgan fingerprint density at radius 2 is 1.82 bits per heavy atom. The fraction of sp³-hybridized carbons (Fsp3) is 0.806. The zero-order valence-corrected chi connectivity index (χ0v) is 23.7. The number of hydrogen-bond acceptors (Lipinski definition) is 9. The molecule has 1 saturated heterocycles. The molecule has 9 nitrogen and oxygen atoms in total. The first-order chi connectivity index (χ1) is 19.1. The average Bonchev–Trinajstić information content (AvgIpc) is 3.23. The van der Waals surface area contributed by atoms with E-state index in [4.69, 9.17) is 18.6 Å². The molecule has 3 N–H and O–H groups in total. The summed E-state index contributed by atoms with van der Waals surface area (Å²) in [7, 11) is 1.46. The predicted octanol–water partition coefficient (Wildman–Crippen LogP) is 2.93. The van der Waals surface area contributed by atoms with Crippen LogP contribution in [0.25, 0.3) is 0 Å². The Morgan fingerprint density at radius 1 is 1.02 bits per heavy atom. The summed E-state index contributed by atoms with van der Waals surface area (Å²) in [4.78, 5) is 24.6. The van der Waals surface area contributed by atoms with Crippen LogP contribution in [0.15, 0.2) is 27.6 Å². The van der Waals surface area contributed by atoms with E-state index < -0.39 is 41.7 Å². The third-order valence-electron chi connectivity index (χ3n) is 12.1. The normalized spacial score (nSPS) is 50.5. The van der Waals surface area contributed by atoms with Crippen LogP contribution in [0, 0.1) is 28.6 Å². The van der Waals surface area contributed by atoms with E-state index in [1.165, 1.54) is 19.5 Å². The lowest BCUT2D eigenvalue weighted by molar-refractivity contribution is -0.312. The first kappa shape index (κ1) is 28.5. The maximum absolute atomic E-state index is 13.0. The van der Waals surface area contributed by atoms with E-state index in [-0.39, 0.29) is 40.8 Å². The van der Waals surface area contributed by atoms with Crippen LogP contribution >= 0.6 is 0 Å². The molecule has 0 bridgehead atoms. The first-order valence-corrected chi connectivity index (χ1v) is 15.1. The van der Waals surface area contributed by atoms with Crippen molar-refractivity contribution in [2.24, 2.45) is 28.6 Å². The summed E-state index contributed by atoms with van der Waals surface area (Å²) in [5.41, 5.74) is -1.12. The highest BCUT2D eigenvalue weighted by molar-refractivity contribution is 5.62. The Morgan fingerprint density at radius 3 is 2.52 bits per heavy atom. The van der Waals surface area contributed by atoms with E-state index in [0.29, 0.717) is 25.7 Å². The largest absolute Gasteiger partial charge is 0.431 e. The summed E-state index contributed by atoms with van der Waals surface area (Å²) in [5.74, 6) is 0.398. The number of ether oxygens (including phenoxy) is 3. The fourth-order valence-corrected chi connectivity index (χ4v) is 9.91. The second-order valence-electron chi connectivity index (χ2n) is 13.5. The number of aliphatic hydroxyl groups excluding tert-OH is 2. The lowest BCUT2D eigenvalue weighted by atomic mass is 9.43. The Balaban J connectivity index is 1.19. The number of hydrogen-bond donors (Lipinski definition) is 3. The van der Waals surface area contributed by atoms with Crippen molar-refractivity contribution in [3.63, 3.8) is 0 Å². The second kappa shape index (κ2) is 10.3. The molecule has 0 spiro atoms. The first-order valence-electron chi connectivity index (χ1n) is 15.1. The number of rotatable bonds is 5. The van der Waals surface area contributed by atoms with Gasteiger partial charge in [0.15, 0.2) is 6.29 Å². The van der Waals surface area contributed by atoms with Gasteiger partial charge in [0.25, 0.3) is 0 Å². The van der Waals surface area contributed by atoms with E-state index in [1.807, 2.05) is 6.07 Å². The minimum atomic E-state index is -1.11. The Kier molecular flexibility index (Phi) is 7.32. The molecule has 0 amide bonds. The van der Waals surface area contributed by atoms with Gasteiger partial charge in [-0.15, -0.1) is 0 Å². The van der Waals surface area contributed by atoms with Crippen molar-refractivity contribution < 1.29 is 38.7 Å². The van der Waals surface area contributed by atoms with Crippen LogP contribution in [-0.2, 0) is 19.0 Å². The number of fused-ring (bicyclic) bond motifs is 5. The molecule has 1 aromatic rings. The van der Waals surface area contributed by atoms with Crippen LogP contribution in [-0.4, -0.2) is 71.1 Å². The standard InChI is InChI=1S/C31H44O9/c1-17-25(34)27(37-3)26(35)28(39-17)40-20-8-12-30(16-32)19(14-20)5-6-23-22(30)9-11-29(2)21(10-13-31(23,29)36)18-4-7-24(33)38-15-18/h4,7,15-17,19-23,25-28,34-36H,5-6,8-14H2,1-3H3/t17-,19-,20+,21-,22-,23+,25+,26+,27+,28+,29+,30-,31+/m0/s1. The van der Waals surface area contributed by atoms with Crippen molar-refractivity contribution in [1.82, 2.24) is 0 Å². The van der Waals surface area contributed by atoms with Gasteiger partial charge in [-0.2, -0.15) is 0 Å². The topological polar surface area (TPSA) is 136 Å². The average molecular weight is 561 g/mol. The maximum Gasteiger partial charge on any atom is 0.335 e. The Labute approximate surface area is 235 Å². The van der Waals surface area contributed by atoms with Crippen LogP contribution in [0.4, 0.5) is 0 Å². The van der Waals surface area contributed by atoms with Crippen molar-refractivity contribution in [3.8, 4) is 0 Å². The van der Waals surface area contributed by atoms with Crippen LogP contribution in [0.3, 0.4) is 0 Å². The monoisotopic (exact) mass is 560 g/mol. The molecule has 2 heterocycles. The number of aliphatic hydroxyl groups is 3. The van der Waals surface area contributed by atoms with Gasteiger partial charge in [-0.25, -0.2) is 4.79 Å². The molecule has 9 heteroatoms. The molecular formula is C31H44O9. The van der Waals surface area contributed by atoms with E-state index in [9.17, 15) is 24.9 Å². The molecule has 5 fully saturated rings. The molecule has 4 aliphatic carbocycles. The molecule has 4 saturated carbocycles. The zero-order chi connectivity index (χ0) is 28.4. The van der Waals surface area contributed by atoms with Crippen molar-refractivity contribution in [3.05, 3.63) is 34.4 Å². The Bertz CT molecular complexity index is 1130. The van der Waals surface area contributed by atoms with Gasteiger partial charge in [-0.05, 0) is 100 Å². The van der Waals surface area contributed by atoms with Crippen molar-refractivity contribution >= 4 is 6.29 Å². The molecule has 222 valence electrons. The summed E-state index contributed by atoms with van der Waals surface area (Å²) >= 11 is 0. The molecule has 40 heavy (non-hydrogen) atoms. The van der Waals surface area contributed by atoms with E-state index in [0.717, 1.165) is 37.7 Å². The van der Waals surface area contributed by atoms with Gasteiger partial charge in [0.2, 0.25) is 0 Å². The maximum atomic E-state index is 13.0. The van der Waals surface area contributed by atoms with Crippen molar-refractivity contribution in [2.75, 3.05) is 7.11 Å². The van der Waals surface area contributed by atoms with E-state index >= 15 is 0 Å². The molecule has 13 atom stereocenters. The van der Waals surface area contributed by atoms with Crippen LogP contribution < -0.4 is 5.63 Å². The summed E-state index contributed by atoms with van der Waals surface area (Å²) in [6.45, 7) is 3.93. The highest BCUT2D eigenvalue weighted by Gasteiger charge is 2.68. The van der Waals surface area contributed by atoms with Gasteiger partial charge in [0, 0.05) is 24.0 Å². The zero-order valence-electron chi connectivity index (χ0n) is 23.7. The summed E-state index contributed by atoms with van der Waals surface area (Å²) < 4.78 is 22.6. The summed E-state index contributed by atoms with van der Waals surface area (Å²) in [6, 6.07) is 3.30. The van der Waals surface area contributed by atoms with Crippen LogP contribution in [0.1, 0.15) is 83.1 Å². The molecule has 0 radical (unpaired) electrons. The van der Waals surface area contributed by atoms with Crippen molar-refractivity contribution in [2.45, 2.75) is 120 Å². The third kappa shape index (κ3) is 4.10. The van der Waals surface area contributed by atoms with Crippen LogP contribution in [0.5, 0.6) is 0 Å². The predicted molar refractivity (Wildman–Crippen MR) is 143 cm³/mol. The van der Waals surface area contributed by atoms with Gasteiger partial charge >= 0.3 is 5.63 Å². The summed E-state index contributed by atoms with van der Waals surface area (Å²) in [6.07, 6.45) is 5.26. The Hall–Kier alpha value is -1.62. The number of carbonyl (C=O) groups excluding carboxylic acids is 1. The SMILES string of the molecule is CO[C@H]1[C@@H](O)[C@@H](O[C@@H]2CC[C@]3(C=O)[C@@H](CC[C@@H]4[C@@H]3CC[C@]3(C)[C@H](c5ccc(=O)oc5)CC[C@@]43O)C2)O[C@@H](C)[C@H]1O. The van der Waals surface area contributed by atoms with E-state index in [1.54, 1.807) is 13.2 Å². The molecule has 0 unspecified atom stereocenters. The molecular weight excluding hydrogens is 516 g/mol. The summed E-state index contributed by atoms with van der Waals surface area (Å²) in [5, 5.41) is 33.5. The number of aldehydes is 1. The second-order valence-corrected chi connectivity index (χ2v) is 13.5. The smallest absolute Gasteiger partial charge is 0.335 e. The van der Waals surface area contributed by atoms with Gasteiger partial charge in [-0.3, -0.25) is 0 Å². The molecule has 0 aromatic carbocycles. The highest BCUT2D eigenvalue weighted by Crippen LogP contribution is 2.70. The third-order valence-corrected chi connectivity index (χ3v) is 12.1. The molecule has 1 aliphatic heterocycles. The van der Waals surface area contributed by atoms with Gasteiger partial charge in [-0.1, -0.05) is 6.92 Å². The quantitative estimate of drug-likeness (QED) is 0.367. The minimum Gasteiger partial charge on any atom is -0.431 e. The van der Waals surface area contributed by atoms with Gasteiger partial charge in [0.1, 0.15) is 24.6 Å². The molecule has 5 aliphatic rings. The lowest BCUT2D eigenvalue weighted by Gasteiger charge is -2.63. The van der Waals surface area contributed by atoms with Gasteiger partial charge in [0.05, 0.1) is 24.1 Å². The fourth-order valence-electron chi connectivity index (χ4n) is 9.91. The highest BCUT2D eigenvalue weighted by atomic mass is 16.7. The molecule has 1 aromatic heterocycles. The van der Waals surface area contributed by atoms with E-state index in [2.05, 4.69) is 6.92 Å². The van der Waals surface area contributed by atoms with Crippen LogP contribution in [0.2, 0.25) is 0 Å². The van der Waals surface area contributed by atoms with Crippen molar-refractivity contribution in [1.29, 1.82) is 0 Å². The number of carbonyl (C=O) groups is 1.